The van der Waals surface area contributed by atoms with Gasteiger partial charge >= 0.3 is 12.1 Å². The molecule has 0 radical (unpaired) electrons. The molecule has 0 aliphatic rings. The van der Waals surface area contributed by atoms with Gasteiger partial charge in [-0.1, -0.05) is 29.4 Å². The van der Waals surface area contributed by atoms with Crippen LogP contribution in [0.1, 0.15) is 0 Å². The van der Waals surface area contributed by atoms with E-state index in [0.29, 0.717) is 11.4 Å². The number of benzene rings is 3. The zero-order valence-electron chi connectivity index (χ0n) is 16.1. The van der Waals surface area contributed by atoms with Crippen LogP contribution in [-0.4, -0.2) is 26.1 Å². The molecule has 2 aromatic heterocycles. The molecule has 0 spiro atoms. The summed E-state index contributed by atoms with van der Waals surface area (Å²) in [5.74, 6) is -0.621. The maximum absolute atomic E-state index is 12.4. The van der Waals surface area contributed by atoms with Gasteiger partial charge in [0.15, 0.2) is 5.82 Å². The van der Waals surface area contributed by atoms with Crippen LogP contribution in [-0.2, 0) is 0 Å². The van der Waals surface area contributed by atoms with Crippen molar-refractivity contribution in [1.29, 1.82) is 0 Å². The van der Waals surface area contributed by atoms with Gasteiger partial charge in [-0.15, -0.1) is 13.2 Å². The topological polar surface area (TPSA) is 85.9 Å². The van der Waals surface area contributed by atoms with Crippen LogP contribution in [0.3, 0.4) is 0 Å². The molecule has 0 saturated carbocycles. The van der Waals surface area contributed by atoms with Gasteiger partial charge in [0.05, 0.1) is 11.0 Å². The van der Waals surface area contributed by atoms with Crippen LogP contribution in [0.15, 0.2) is 82.4 Å². The second kappa shape index (κ2) is 7.41. The molecular formula is C22H13F3N4O3. The lowest BCUT2D eigenvalue weighted by atomic mass is 10.0. The van der Waals surface area contributed by atoms with Crippen molar-refractivity contribution >= 4 is 11.0 Å². The number of ether oxygens (including phenoxy) is 1. The Balaban J connectivity index is 1.51. The number of rotatable bonds is 4. The molecule has 0 unspecified atom stereocenters. The highest BCUT2D eigenvalue weighted by molar-refractivity contribution is 5.82. The zero-order valence-corrected chi connectivity index (χ0v) is 16.1. The molecule has 0 aliphatic carbocycles. The maximum Gasteiger partial charge on any atom is 0.573 e. The number of hydrogen-bond donors (Lipinski definition) is 1. The van der Waals surface area contributed by atoms with E-state index < -0.39 is 12.1 Å². The molecule has 1 N–H and O–H groups in total. The third kappa shape index (κ3) is 3.85. The number of nitrogens with one attached hydrogen (secondary N) is 1. The molecular weight excluding hydrogens is 425 g/mol. The van der Waals surface area contributed by atoms with Crippen molar-refractivity contribution in [3.8, 4) is 34.0 Å². The predicted octanol–water partition coefficient (Wildman–Crippen LogP) is 4.93. The van der Waals surface area contributed by atoms with Crippen LogP contribution in [0.5, 0.6) is 5.75 Å². The van der Waals surface area contributed by atoms with Gasteiger partial charge in [-0.3, -0.25) is 14.1 Å². The normalized spacial score (nSPS) is 11.7. The van der Waals surface area contributed by atoms with E-state index in [1.807, 2.05) is 34.9 Å². The minimum absolute atomic E-state index is 0.281. The van der Waals surface area contributed by atoms with Gasteiger partial charge in [0.2, 0.25) is 0 Å². The minimum Gasteiger partial charge on any atom is -0.406 e. The van der Waals surface area contributed by atoms with Gasteiger partial charge < -0.3 is 4.74 Å². The van der Waals surface area contributed by atoms with Crippen molar-refractivity contribution in [3.05, 3.63) is 83.6 Å². The molecule has 0 fully saturated rings. The van der Waals surface area contributed by atoms with E-state index in [1.165, 1.54) is 12.1 Å². The van der Waals surface area contributed by atoms with Crippen LogP contribution in [0.25, 0.3) is 39.2 Å². The van der Waals surface area contributed by atoms with Crippen LogP contribution >= 0.6 is 0 Å². The number of halogens is 3. The van der Waals surface area contributed by atoms with Gasteiger partial charge in [-0.25, -0.2) is 9.78 Å². The summed E-state index contributed by atoms with van der Waals surface area (Å²) in [6.07, 6.45) is -3.07. The lowest BCUT2D eigenvalue weighted by Crippen LogP contribution is -2.16. The van der Waals surface area contributed by atoms with Gasteiger partial charge in [0, 0.05) is 11.3 Å². The molecule has 32 heavy (non-hydrogen) atoms. The molecule has 0 bridgehead atoms. The van der Waals surface area contributed by atoms with E-state index in [0.717, 1.165) is 27.8 Å². The molecule has 5 rings (SSSR count). The Morgan fingerprint density at radius 3 is 2.44 bits per heavy atom. The fraction of sp³-hybridized carbons (Fsp3) is 0.0455. The lowest BCUT2D eigenvalue weighted by molar-refractivity contribution is -0.274. The lowest BCUT2D eigenvalue weighted by Gasteiger charge is -2.10. The third-order valence-corrected chi connectivity index (χ3v) is 4.81. The average Bonchev–Trinajstić information content (AvgIpc) is 3.39. The van der Waals surface area contributed by atoms with Crippen molar-refractivity contribution in [1.82, 2.24) is 19.7 Å². The van der Waals surface area contributed by atoms with Crippen LogP contribution in [0.2, 0.25) is 0 Å². The number of aromatic amines is 1. The van der Waals surface area contributed by atoms with E-state index in [9.17, 15) is 18.0 Å². The largest absolute Gasteiger partial charge is 0.573 e. The average molecular weight is 438 g/mol. The predicted molar refractivity (Wildman–Crippen MR) is 109 cm³/mol. The third-order valence-electron chi connectivity index (χ3n) is 4.81. The highest BCUT2D eigenvalue weighted by Gasteiger charge is 2.30. The molecule has 5 aromatic rings. The highest BCUT2D eigenvalue weighted by atomic mass is 19.4. The van der Waals surface area contributed by atoms with E-state index in [2.05, 4.69) is 24.4 Å². The van der Waals surface area contributed by atoms with Crippen molar-refractivity contribution < 1.29 is 22.4 Å². The summed E-state index contributed by atoms with van der Waals surface area (Å²) in [6.45, 7) is 0. The van der Waals surface area contributed by atoms with Crippen LogP contribution < -0.4 is 10.5 Å². The number of hydrogen-bond acceptors (Lipinski definition) is 5. The van der Waals surface area contributed by atoms with Crippen molar-refractivity contribution in [2.24, 2.45) is 0 Å². The molecule has 7 nitrogen and oxygen atoms in total. The van der Waals surface area contributed by atoms with Gasteiger partial charge in [0.25, 0.3) is 0 Å². The summed E-state index contributed by atoms with van der Waals surface area (Å²) in [5, 5.41) is 3.71. The summed E-state index contributed by atoms with van der Waals surface area (Å²) in [7, 11) is 0. The number of fused-ring (bicyclic) bond motifs is 1. The summed E-state index contributed by atoms with van der Waals surface area (Å²) in [4.78, 5) is 18.2. The Bertz CT molecular complexity index is 1470. The summed E-state index contributed by atoms with van der Waals surface area (Å²) >= 11 is 0. The summed E-state index contributed by atoms with van der Waals surface area (Å²) < 4.78 is 47.5. The number of H-pyrrole nitrogens is 1. The van der Waals surface area contributed by atoms with Gasteiger partial charge in [0.1, 0.15) is 12.1 Å². The number of nitrogens with zero attached hydrogens (tertiary/aromatic N) is 3. The first-order chi connectivity index (χ1) is 15.4. The smallest absolute Gasteiger partial charge is 0.406 e. The van der Waals surface area contributed by atoms with Crippen LogP contribution in [0.4, 0.5) is 13.2 Å². The van der Waals surface area contributed by atoms with E-state index >= 15 is 0 Å². The first-order valence-corrected chi connectivity index (χ1v) is 9.36. The molecule has 160 valence electrons. The molecule has 10 heteroatoms. The SMILES string of the molecule is O=c1[nH]c(-c2ccc3ncn(-c4cccc(-c5ccc(OC(F)(F)F)cc5)c4)c3c2)no1. The van der Waals surface area contributed by atoms with E-state index in [1.54, 1.807) is 30.6 Å². The Morgan fingerprint density at radius 1 is 0.938 bits per heavy atom. The standard InChI is InChI=1S/C22H13F3N4O3/c23-22(24,25)31-17-7-4-13(5-8-17)14-2-1-3-16(10-14)29-12-26-18-9-6-15(11-19(18)29)20-27-21(30)32-28-20/h1-12H,(H,27,28,30). The number of alkyl halides is 3. The van der Waals surface area contributed by atoms with Gasteiger partial charge in [-0.2, -0.15) is 0 Å². The first-order valence-electron chi connectivity index (χ1n) is 9.36. The second-order valence-corrected chi connectivity index (χ2v) is 6.88. The Labute approximate surface area is 177 Å². The molecule has 3 aromatic carbocycles. The van der Waals surface area contributed by atoms with Gasteiger partial charge in [-0.05, 0) is 53.6 Å². The summed E-state index contributed by atoms with van der Waals surface area (Å²) in [5.41, 5.74) is 4.50. The minimum atomic E-state index is -4.73. The second-order valence-electron chi connectivity index (χ2n) is 6.88. The fourth-order valence-electron chi connectivity index (χ4n) is 3.40. The van der Waals surface area contributed by atoms with Crippen molar-refractivity contribution in [2.75, 3.05) is 0 Å². The van der Waals surface area contributed by atoms with Crippen LogP contribution in [0, 0.1) is 0 Å². The van der Waals surface area contributed by atoms with E-state index in [-0.39, 0.29) is 5.75 Å². The zero-order chi connectivity index (χ0) is 22.3. The molecule has 0 saturated heterocycles. The Hall–Kier alpha value is -4.34. The molecule has 2 heterocycles. The molecule has 0 aliphatic heterocycles. The fourth-order valence-corrected chi connectivity index (χ4v) is 3.40. The van der Waals surface area contributed by atoms with Crippen molar-refractivity contribution in [3.63, 3.8) is 0 Å². The highest BCUT2D eigenvalue weighted by Crippen LogP contribution is 2.29. The van der Waals surface area contributed by atoms with E-state index in [4.69, 9.17) is 0 Å². The molecule has 0 amide bonds. The number of aromatic nitrogens is 4. The van der Waals surface area contributed by atoms with Crippen molar-refractivity contribution in [2.45, 2.75) is 6.36 Å². The monoisotopic (exact) mass is 438 g/mol. The maximum atomic E-state index is 12.4. The first kappa shape index (κ1) is 19.6. The Morgan fingerprint density at radius 2 is 1.72 bits per heavy atom. The number of imidazole rings is 1. The quantitative estimate of drug-likeness (QED) is 0.430. The molecule has 0 atom stereocenters. The Kier molecular flexibility index (Phi) is 4.54. The summed E-state index contributed by atoms with van der Waals surface area (Å²) in [6, 6.07) is 18.5.